The van der Waals surface area contributed by atoms with Gasteiger partial charge in [0.15, 0.2) is 11.5 Å². The van der Waals surface area contributed by atoms with E-state index in [1.54, 1.807) is 30.2 Å². The number of nitrogens with zero attached hydrogens (tertiary/aromatic N) is 1. The molecule has 1 atom stereocenters. The van der Waals surface area contributed by atoms with E-state index in [9.17, 15) is 14.0 Å². The molecular formula is C19H19FN2O4. The van der Waals surface area contributed by atoms with Crippen LogP contribution >= 0.6 is 0 Å². The van der Waals surface area contributed by atoms with Crippen LogP contribution in [0.2, 0.25) is 0 Å². The summed E-state index contributed by atoms with van der Waals surface area (Å²) in [5, 5.41) is 2.82. The Morgan fingerprint density at radius 2 is 1.81 bits per heavy atom. The van der Waals surface area contributed by atoms with Crippen molar-refractivity contribution in [1.82, 2.24) is 5.32 Å². The van der Waals surface area contributed by atoms with Crippen molar-refractivity contribution in [2.24, 2.45) is 0 Å². The maximum Gasteiger partial charge on any atom is 0.251 e. The van der Waals surface area contributed by atoms with Crippen molar-refractivity contribution in [3.05, 3.63) is 53.8 Å². The highest BCUT2D eigenvalue weighted by atomic mass is 19.1. The number of carbonyl (C=O) groups is 2. The quantitative estimate of drug-likeness (QED) is 0.891. The van der Waals surface area contributed by atoms with Crippen molar-refractivity contribution >= 4 is 17.5 Å². The minimum absolute atomic E-state index is 0.0957. The average Bonchev–Trinajstić information content (AvgIpc) is 3.01. The van der Waals surface area contributed by atoms with Gasteiger partial charge in [-0.1, -0.05) is 0 Å². The molecular weight excluding hydrogens is 339 g/mol. The maximum absolute atomic E-state index is 13.0. The smallest absolute Gasteiger partial charge is 0.251 e. The topological polar surface area (TPSA) is 67.9 Å². The third-order valence-electron chi connectivity index (χ3n) is 4.25. The van der Waals surface area contributed by atoms with Crippen LogP contribution in [0.4, 0.5) is 10.1 Å². The number of nitrogens with one attached hydrogen (secondary N) is 1. The van der Waals surface area contributed by atoms with Crippen LogP contribution in [0.5, 0.6) is 11.5 Å². The molecule has 26 heavy (non-hydrogen) atoms. The molecule has 0 spiro atoms. The molecule has 0 aliphatic carbocycles. The van der Waals surface area contributed by atoms with Gasteiger partial charge in [0.2, 0.25) is 5.91 Å². The first-order chi connectivity index (χ1) is 12.5. The van der Waals surface area contributed by atoms with Gasteiger partial charge in [-0.3, -0.25) is 9.59 Å². The number of hydrogen-bond donors (Lipinski definition) is 1. The molecule has 2 aromatic rings. The second kappa shape index (κ2) is 7.43. The molecule has 7 heteroatoms. The number of anilines is 1. The highest BCUT2D eigenvalue weighted by Crippen LogP contribution is 2.33. The van der Waals surface area contributed by atoms with E-state index >= 15 is 0 Å². The van der Waals surface area contributed by atoms with Crippen molar-refractivity contribution in [3.8, 4) is 11.5 Å². The summed E-state index contributed by atoms with van der Waals surface area (Å²) >= 11 is 0. The van der Waals surface area contributed by atoms with Gasteiger partial charge in [-0.05, 0) is 36.4 Å². The minimum atomic E-state index is -0.405. The normalized spacial score (nSPS) is 16.5. The van der Waals surface area contributed by atoms with Crippen molar-refractivity contribution in [2.75, 3.05) is 25.7 Å². The molecule has 1 heterocycles. The molecule has 3 rings (SSSR count). The molecule has 0 radical (unpaired) electrons. The summed E-state index contributed by atoms with van der Waals surface area (Å²) in [6.07, 6.45) is 0.196. The maximum atomic E-state index is 13.0. The van der Waals surface area contributed by atoms with Gasteiger partial charge in [0.1, 0.15) is 5.82 Å². The third kappa shape index (κ3) is 3.61. The molecule has 1 fully saturated rings. The standard InChI is InChI=1S/C19H19FN2O4/c1-25-16-8-7-15(10-17(16)26-2)22-11-14(9-18(22)23)21-19(24)12-3-5-13(20)6-4-12/h3-8,10,14H,9,11H2,1-2H3,(H,21,24)/t14-/m1/s1. The zero-order valence-electron chi connectivity index (χ0n) is 14.5. The predicted molar refractivity (Wildman–Crippen MR) is 94.2 cm³/mol. The SMILES string of the molecule is COc1ccc(N2C[C@H](NC(=O)c3ccc(F)cc3)CC2=O)cc1OC. The van der Waals surface area contributed by atoms with Crippen molar-refractivity contribution in [1.29, 1.82) is 0 Å². The fraction of sp³-hybridized carbons (Fsp3) is 0.263. The Morgan fingerprint density at radius 3 is 2.46 bits per heavy atom. The second-order valence-electron chi connectivity index (χ2n) is 5.93. The zero-order valence-corrected chi connectivity index (χ0v) is 14.5. The summed E-state index contributed by atoms with van der Waals surface area (Å²) in [5.74, 6) is 0.261. The molecule has 136 valence electrons. The summed E-state index contributed by atoms with van der Waals surface area (Å²) in [4.78, 5) is 26.2. The van der Waals surface area contributed by atoms with Gasteiger partial charge in [0.05, 0.1) is 20.3 Å². The fourth-order valence-corrected chi connectivity index (χ4v) is 2.92. The van der Waals surface area contributed by atoms with E-state index in [0.717, 1.165) is 0 Å². The number of amides is 2. The second-order valence-corrected chi connectivity index (χ2v) is 5.93. The molecule has 0 saturated carbocycles. The Labute approximate surface area is 150 Å². The number of hydrogen-bond acceptors (Lipinski definition) is 4. The minimum Gasteiger partial charge on any atom is -0.493 e. The van der Waals surface area contributed by atoms with Crippen LogP contribution in [0.15, 0.2) is 42.5 Å². The van der Waals surface area contributed by atoms with Gasteiger partial charge in [0, 0.05) is 30.3 Å². The highest BCUT2D eigenvalue weighted by Gasteiger charge is 2.32. The summed E-state index contributed by atoms with van der Waals surface area (Å²) in [6, 6.07) is 10.2. The zero-order chi connectivity index (χ0) is 18.7. The van der Waals surface area contributed by atoms with Gasteiger partial charge in [-0.2, -0.15) is 0 Å². The lowest BCUT2D eigenvalue weighted by atomic mass is 10.2. The number of benzene rings is 2. The summed E-state index contributed by atoms with van der Waals surface area (Å²) in [5.41, 5.74) is 1.02. The van der Waals surface area contributed by atoms with Gasteiger partial charge >= 0.3 is 0 Å². The molecule has 1 aliphatic rings. The summed E-state index contributed by atoms with van der Waals surface area (Å²) < 4.78 is 23.4. The molecule has 1 N–H and O–H groups in total. The molecule has 0 bridgehead atoms. The number of methoxy groups -OCH3 is 2. The summed E-state index contributed by atoms with van der Waals surface area (Å²) in [6.45, 7) is 0.348. The van der Waals surface area contributed by atoms with Crippen LogP contribution in [-0.2, 0) is 4.79 Å². The van der Waals surface area contributed by atoms with E-state index in [-0.39, 0.29) is 24.3 Å². The van der Waals surface area contributed by atoms with Crippen molar-refractivity contribution in [2.45, 2.75) is 12.5 Å². The van der Waals surface area contributed by atoms with E-state index in [1.165, 1.54) is 31.4 Å². The molecule has 6 nitrogen and oxygen atoms in total. The van der Waals surface area contributed by atoms with E-state index in [0.29, 0.717) is 29.3 Å². The lowest BCUT2D eigenvalue weighted by Crippen LogP contribution is -2.37. The molecule has 2 aromatic carbocycles. The molecule has 0 unspecified atom stereocenters. The Balaban J connectivity index is 1.70. The first-order valence-corrected chi connectivity index (χ1v) is 8.10. The van der Waals surface area contributed by atoms with Crippen LogP contribution in [0.3, 0.4) is 0 Å². The number of halogens is 1. The van der Waals surface area contributed by atoms with Crippen molar-refractivity contribution in [3.63, 3.8) is 0 Å². The monoisotopic (exact) mass is 358 g/mol. The number of carbonyl (C=O) groups excluding carboxylic acids is 2. The lowest BCUT2D eigenvalue weighted by Gasteiger charge is -2.19. The van der Waals surface area contributed by atoms with Gasteiger partial charge < -0.3 is 19.7 Å². The van der Waals surface area contributed by atoms with Crippen LogP contribution in [0.1, 0.15) is 16.8 Å². The van der Waals surface area contributed by atoms with Crippen LogP contribution in [0, 0.1) is 5.82 Å². The Morgan fingerprint density at radius 1 is 1.12 bits per heavy atom. The first-order valence-electron chi connectivity index (χ1n) is 8.10. The Bertz CT molecular complexity index is 823. The largest absolute Gasteiger partial charge is 0.493 e. The lowest BCUT2D eigenvalue weighted by molar-refractivity contribution is -0.117. The Kier molecular flexibility index (Phi) is 5.06. The summed E-state index contributed by atoms with van der Waals surface area (Å²) in [7, 11) is 3.07. The predicted octanol–water partition coefficient (Wildman–Crippen LogP) is 2.38. The number of rotatable bonds is 5. The Hall–Kier alpha value is -3.09. The van der Waals surface area contributed by atoms with Crippen LogP contribution in [-0.4, -0.2) is 38.6 Å². The third-order valence-corrected chi connectivity index (χ3v) is 4.25. The van der Waals surface area contributed by atoms with E-state index in [4.69, 9.17) is 9.47 Å². The van der Waals surface area contributed by atoms with E-state index in [2.05, 4.69) is 5.32 Å². The van der Waals surface area contributed by atoms with E-state index in [1.807, 2.05) is 0 Å². The van der Waals surface area contributed by atoms with Crippen LogP contribution < -0.4 is 19.7 Å². The van der Waals surface area contributed by atoms with Gasteiger partial charge in [-0.15, -0.1) is 0 Å². The fourth-order valence-electron chi connectivity index (χ4n) is 2.92. The van der Waals surface area contributed by atoms with Crippen molar-refractivity contribution < 1.29 is 23.5 Å². The van der Waals surface area contributed by atoms with Gasteiger partial charge in [-0.25, -0.2) is 4.39 Å². The van der Waals surface area contributed by atoms with Crippen LogP contribution in [0.25, 0.3) is 0 Å². The van der Waals surface area contributed by atoms with Gasteiger partial charge in [0.25, 0.3) is 5.91 Å². The first kappa shape index (κ1) is 17.7. The number of ether oxygens (including phenoxy) is 2. The highest BCUT2D eigenvalue weighted by molar-refractivity contribution is 5.99. The molecule has 2 amide bonds. The molecule has 1 saturated heterocycles. The average molecular weight is 358 g/mol. The molecule has 0 aromatic heterocycles. The van der Waals surface area contributed by atoms with E-state index < -0.39 is 5.82 Å². The molecule has 1 aliphatic heterocycles.